The van der Waals surface area contributed by atoms with Crippen LogP contribution in [-0.2, 0) is 47.4 Å². The molecule has 0 amide bonds. The third kappa shape index (κ3) is 5.66. The average molecular weight is 729 g/mol. The minimum Gasteiger partial charge on any atom is -0.392 e. The first-order valence-corrected chi connectivity index (χ1v) is 20.1. The minimum atomic E-state index is -1.25. The van der Waals surface area contributed by atoms with E-state index in [9.17, 15) is 9.90 Å². The monoisotopic (exact) mass is 728 g/mol. The van der Waals surface area contributed by atoms with Gasteiger partial charge in [0, 0.05) is 63.8 Å². The number of rotatable bonds is 4. The van der Waals surface area contributed by atoms with Crippen LogP contribution in [-0.4, -0.2) is 133 Å². The molecule has 0 aromatic heterocycles. The summed E-state index contributed by atoms with van der Waals surface area (Å²) in [6.45, 7) is 6.79. The van der Waals surface area contributed by atoms with Crippen LogP contribution in [0.3, 0.4) is 0 Å². The molecule has 0 aromatic rings. The van der Waals surface area contributed by atoms with E-state index in [2.05, 4.69) is 13.5 Å². The van der Waals surface area contributed by atoms with Gasteiger partial charge < -0.3 is 53.5 Å². The van der Waals surface area contributed by atoms with E-state index in [4.69, 9.17) is 53.4 Å². The summed E-state index contributed by atoms with van der Waals surface area (Å²) >= 11 is 0. The molecular formula is C39H56N2O11. The van der Waals surface area contributed by atoms with Gasteiger partial charge in [-0.25, -0.2) is 0 Å². The lowest BCUT2D eigenvalue weighted by atomic mass is 9.79. The highest BCUT2D eigenvalue weighted by Crippen LogP contribution is 2.58. The van der Waals surface area contributed by atoms with Crippen molar-refractivity contribution in [3.05, 3.63) is 12.2 Å². The summed E-state index contributed by atoms with van der Waals surface area (Å²) in [5, 5.41) is 10.6. The van der Waals surface area contributed by atoms with Crippen LogP contribution in [0, 0.1) is 11.8 Å². The zero-order valence-electron chi connectivity index (χ0n) is 30.5. The highest BCUT2D eigenvalue weighted by molar-refractivity contribution is 5.92. The number of ether oxygens (including phenoxy) is 9. The summed E-state index contributed by atoms with van der Waals surface area (Å²) in [5.74, 6) is -0.949. The van der Waals surface area contributed by atoms with Gasteiger partial charge in [-0.05, 0) is 56.4 Å². The zero-order chi connectivity index (χ0) is 35.5. The first-order chi connectivity index (χ1) is 25.1. The number of carbonyl (C=O) groups is 1. The molecule has 13 heteroatoms. The van der Waals surface area contributed by atoms with Gasteiger partial charge in [-0.15, -0.1) is 0 Å². The van der Waals surface area contributed by atoms with Crippen molar-refractivity contribution < 1.29 is 52.5 Å². The van der Waals surface area contributed by atoms with E-state index in [-0.39, 0.29) is 91.9 Å². The summed E-state index contributed by atoms with van der Waals surface area (Å²) in [6.07, 6.45) is 3.31. The van der Waals surface area contributed by atoms with E-state index in [0.717, 1.165) is 43.4 Å². The SMILES string of the molecule is C=C1C[C@@H]2CC[C@@]34C[C@H]5O[C@@H]6C(O[C@H]7CC[C@@H]8CC(=O)C[C@@H]9[C@@H](OC)[C@@H](C[C@H](O)CN)O[C@H]9C[C@H]9O[C@@H](CC[C@@H]1O2)C[C@@H](C)/C9=N\[C@@]7(O8)[C@@H]6O3)[C@H]5O4. The molecule has 2 spiro atoms. The Morgan fingerprint density at radius 2 is 1.75 bits per heavy atom. The van der Waals surface area contributed by atoms with Crippen molar-refractivity contribution in [3.8, 4) is 0 Å². The first kappa shape index (κ1) is 35.1. The Hall–Kier alpha value is -1.36. The Morgan fingerprint density at radius 1 is 0.904 bits per heavy atom. The lowest BCUT2D eigenvalue weighted by molar-refractivity contribution is -0.330. The molecule has 12 heterocycles. The predicted molar refractivity (Wildman–Crippen MR) is 184 cm³/mol. The second kappa shape index (κ2) is 13.1. The van der Waals surface area contributed by atoms with Gasteiger partial charge in [0.2, 0.25) is 5.72 Å². The molecule has 0 aliphatic carbocycles. The van der Waals surface area contributed by atoms with Crippen molar-refractivity contribution in [1.82, 2.24) is 0 Å². The maximum atomic E-state index is 14.1. The fourth-order valence-electron chi connectivity index (χ4n) is 11.8. The van der Waals surface area contributed by atoms with Crippen molar-refractivity contribution in [1.29, 1.82) is 0 Å². The largest absolute Gasteiger partial charge is 0.392 e. The highest BCUT2D eigenvalue weighted by atomic mass is 16.8. The summed E-state index contributed by atoms with van der Waals surface area (Å²) in [5.41, 5.74) is 6.64. The lowest BCUT2D eigenvalue weighted by Gasteiger charge is -2.54. The molecule has 0 aromatic carbocycles. The van der Waals surface area contributed by atoms with Gasteiger partial charge in [-0.2, -0.15) is 0 Å². The van der Waals surface area contributed by atoms with Crippen LogP contribution >= 0.6 is 0 Å². The number of hydrogen-bond acceptors (Lipinski definition) is 13. The molecular weight excluding hydrogens is 672 g/mol. The molecule has 9 saturated heterocycles. The molecule has 1 unspecified atom stereocenters. The number of carbonyl (C=O) groups excluding carboxylic acids is 1. The summed E-state index contributed by atoms with van der Waals surface area (Å²) < 4.78 is 61.8. The van der Waals surface area contributed by atoms with Crippen molar-refractivity contribution >= 4 is 11.5 Å². The maximum absolute atomic E-state index is 14.1. The van der Waals surface area contributed by atoms with Gasteiger partial charge in [0.25, 0.3) is 0 Å². The van der Waals surface area contributed by atoms with Crippen LogP contribution < -0.4 is 5.73 Å². The van der Waals surface area contributed by atoms with Crippen LogP contribution in [0.2, 0.25) is 0 Å². The number of hydrogen-bond donors (Lipinski definition) is 2. The van der Waals surface area contributed by atoms with Crippen molar-refractivity contribution in [2.75, 3.05) is 13.7 Å². The van der Waals surface area contributed by atoms with Crippen LogP contribution in [0.1, 0.15) is 90.4 Å². The van der Waals surface area contributed by atoms with Crippen molar-refractivity contribution in [2.24, 2.45) is 22.6 Å². The fraction of sp³-hybridized carbons (Fsp3) is 0.897. The highest BCUT2D eigenvalue weighted by Gasteiger charge is 2.73. The molecule has 12 rings (SSSR count). The molecule has 19 atom stereocenters. The quantitative estimate of drug-likeness (QED) is 0.409. The number of fused-ring (bicyclic) bond motifs is 5. The zero-order valence-corrected chi connectivity index (χ0v) is 30.5. The molecule has 0 saturated carbocycles. The second-order valence-corrected chi connectivity index (χ2v) is 17.6. The molecule has 52 heavy (non-hydrogen) atoms. The van der Waals surface area contributed by atoms with Crippen LogP contribution in [0.25, 0.3) is 0 Å². The third-order valence-corrected chi connectivity index (χ3v) is 14.2. The third-order valence-electron chi connectivity index (χ3n) is 14.2. The number of nitrogens with zero attached hydrogens (tertiary/aromatic N) is 1. The van der Waals surface area contributed by atoms with Crippen molar-refractivity contribution in [3.63, 3.8) is 0 Å². The number of aliphatic imine (C=N–C) groups is 1. The van der Waals surface area contributed by atoms with Crippen LogP contribution in [0.5, 0.6) is 0 Å². The van der Waals surface area contributed by atoms with Crippen LogP contribution in [0.4, 0.5) is 0 Å². The van der Waals surface area contributed by atoms with E-state index in [1.165, 1.54) is 0 Å². The molecule has 13 bridgehead atoms. The molecule has 9 fully saturated rings. The van der Waals surface area contributed by atoms with Crippen molar-refractivity contribution in [2.45, 2.75) is 193 Å². The smallest absolute Gasteiger partial charge is 0.214 e. The molecule has 12 aliphatic rings. The van der Waals surface area contributed by atoms with Gasteiger partial charge in [0.1, 0.15) is 36.3 Å². The van der Waals surface area contributed by atoms with E-state index in [1.54, 1.807) is 7.11 Å². The van der Waals surface area contributed by atoms with Gasteiger partial charge in [-0.3, -0.25) is 9.79 Å². The number of Topliss-reactive ketones (excluding diaryl/α,β-unsaturated/α-hetero) is 1. The Labute approximate surface area is 305 Å². The van der Waals surface area contributed by atoms with E-state index in [0.29, 0.717) is 38.5 Å². The van der Waals surface area contributed by atoms with E-state index in [1.807, 2.05) is 0 Å². The number of nitrogens with two attached hydrogens (primary N) is 1. The topological polar surface area (TPSA) is 159 Å². The number of aliphatic hydroxyl groups excluding tert-OH is 1. The van der Waals surface area contributed by atoms with Gasteiger partial charge in [-0.1, -0.05) is 13.5 Å². The number of methoxy groups -OCH3 is 1. The number of aliphatic hydroxyl groups is 1. The Balaban J connectivity index is 1.09. The lowest BCUT2D eigenvalue weighted by Crippen LogP contribution is -2.70. The minimum absolute atomic E-state index is 0.0147. The molecule has 288 valence electrons. The molecule has 13 nitrogen and oxygen atoms in total. The molecule has 12 aliphatic heterocycles. The predicted octanol–water partition coefficient (Wildman–Crippen LogP) is 2.66. The summed E-state index contributed by atoms with van der Waals surface area (Å²) in [6, 6.07) is 0. The van der Waals surface area contributed by atoms with Gasteiger partial charge in [0.15, 0.2) is 5.79 Å². The van der Waals surface area contributed by atoms with Gasteiger partial charge >= 0.3 is 0 Å². The number of ketones is 1. The Kier molecular flexibility index (Phi) is 8.85. The second-order valence-electron chi connectivity index (χ2n) is 17.6. The van der Waals surface area contributed by atoms with E-state index < -0.39 is 48.1 Å². The van der Waals surface area contributed by atoms with E-state index >= 15 is 0 Å². The normalized spacial score (nSPS) is 55.3. The van der Waals surface area contributed by atoms with Gasteiger partial charge in [0.05, 0.1) is 61.0 Å². The maximum Gasteiger partial charge on any atom is 0.214 e. The Bertz CT molecular complexity index is 1460. The average Bonchev–Trinajstić information content (AvgIpc) is 3.78. The summed E-state index contributed by atoms with van der Waals surface area (Å²) in [7, 11) is 1.66. The first-order valence-electron chi connectivity index (χ1n) is 20.1. The molecule has 0 radical (unpaired) electrons. The Morgan fingerprint density at radius 3 is 2.60 bits per heavy atom. The van der Waals surface area contributed by atoms with Crippen LogP contribution in [0.15, 0.2) is 17.1 Å². The summed E-state index contributed by atoms with van der Waals surface area (Å²) in [4.78, 5) is 19.8. The molecule has 3 N–H and O–H groups in total. The fourth-order valence-corrected chi connectivity index (χ4v) is 11.8. The standard InChI is InChI=1S/C39H56N2O11/c1-18-10-23-8-9-38-16-30-34(51-38)35-36(48-30)37(52-38)39-31(49-35)7-5-24(50-39)12-20(42)13-25-27(47-29(33(25)44-3)14-21(43)17-40)15-28-32(41-39)19(2)11-22(46-28)4-6-26(18)45-23/h19,21-31,33-37,43H,1,4-17,40H2,2-3H3/b41-32+/t19-,21+,22+,23+,24-,25+,26+,27+,28-,29-,30-,31+,33-,34+,35?,36-,37-,38+,39+/m1/s1.